The highest BCUT2D eigenvalue weighted by Crippen LogP contribution is 2.36. The summed E-state index contributed by atoms with van der Waals surface area (Å²) < 4.78 is 6.12. The van der Waals surface area contributed by atoms with Gasteiger partial charge < -0.3 is 20.5 Å². The van der Waals surface area contributed by atoms with Crippen molar-refractivity contribution in [3.8, 4) is 5.75 Å². The van der Waals surface area contributed by atoms with E-state index in [4.69, 9.17) is 21.4 Å². The monoisotopic (exact) mass is 350 g/mol. The fraction of sp³-hybridized carbons (Fsp3) is 0.417. The Bertz CT molecular complexity index is 457. The SMILES string of the molecule is CCOc1c(Br)cc(Cl)cc1NC(=O)N[C@H](C)CO. The molecular weight excluding hydrogens is 336 g/mol. The predicted molar refractivity (Wildman–Crippen MR) is 79.0 cm³/mol. The minimum Gasteiger partial charge on any atom is -0.491 e. The van der Waals surface area contributed by atoms with E-state index in [-0.39, 0.29) is 12.6 Å². The molecule has 7 heteroatoms. The van der Waals surface area contributed by atoms with E-state index < -0.39 is 6.03 Å². The smallest absolute Gasteiger partial charge is 0.319 e. The molecule has 1 rings (SSSR count). The van der Waals surface area contributed by atoms with Crippen molar-refractivity contribution in [2.45, 2.75) is 19.9 Å². The maximum atomic E-state index is 11.7. The first-order valence-corrected chi connectivity index (χ1v) is 6.95. The topological polar surface area (TPSA) is 70.6 Å². The highest BCUT2D eigenvalue weighted by Gasteiger charge is 2.13. The first-order valence-electron chi connectivity index (χ1n) is 5.78. The molecule has 19 heavy (non-hydrogen) atoms. The van der Waals surface area contributed by atoms with Crippen LogP contribution < -0.4 is 15.4 Å². The lowest BCUT2D eigenvalue weighted by molar-refractivity contribution is 0.229. The minimum atomic E-state index is -0.434. The molecule has 1 aromatic rings. The Labute approximate surface area is 125 Å². The van der Waals surface area contributed by atoms with Crippen molar-refractivity contribution in [2.75, 3.05) is 18.5 Å². The number of anilines is 1. The zero-order valence-electron chi connectivity index (χ0n) is 10.7. The van der Waals surface area contributed by atoms with Crippen LogP contribution in [0.5, 0.6) is 5.75 Å². The summed E-state index contributed by atoms with van der Waals surface area (Å²) in [5.74, 6) is 0.513. The number of ether oxygens (including phenoxy) is 1. The molecule has 0 spiro atoms. The van der Waals surface area contributed by atoms with E-state index >= 15 is 0 Å². The number of rotatable bonds is 5. The van der Waals surface area contributed by atoms with Gasteiger partial charge in [0.15, 0.2) is 5.75 Å². The van der Waals surface area contributed by atoms with Gasteiger partial charge in [-0.15, -0.1) is 0 Å². The highest BCUT2D eigenvalue weighted by molar-refractivity contribution is 9.10. The second-order valence-corrected chi connectivity index (χ2v) is 5.17. The molecule has 1 aromatic carbocycles. The fourth-order valence-corrected chi connectivity index (χ4v) is 2.30. The molecule has 2 amide bonds. The van der Waals surface area contributed by atoms with Crippen LogP contribution in [0.15, 0.2) is 16.6 Å². The zero-order valence-corrected chi connectivity index (χ0v) is 13.0. The largest absolute Gasteiger partial charge is 0.491 e. The van der Waals surface area contributed by atoms with Gasteiger partial charge in [-0.1, -0.05) is 11.6 Å². The third kappa shape index (κ3) is 4.89. The molecule has 5 nitrogen and oxygen atoms in total. The second-order valence-electron chi connectivity index (χ2n) is 3.88. The van der Waals surface area contributed by atoms with Crippen molar-refractivity contribution in [1.82, 2.24) is 5.32 Å². The number of carbonyl (C=O) groups excluding carboxylic acids is 1. The molecule has 0 bridgehead atoms. The first-order chi connectivity index (χ1) is 8.97. The molecule has 1 atom stereocenters. The summed E-state index contributed by atoms with van der Waals surface area (Å²) in [6.45, 7) is 3.87. The normalized spacial score (nSPS) is 11.8. The molecule has 3 N–H and O–H groups in total. The quantitative estimate of drug-likeness (QED) is 0.764. The number of amides is 2. The molecule has 0 unspecified atom stereocenters. The van der Waals surface area contributed by atoms with Crippen LogP contribution in [0.4, 0.5) is 10.5 Å². The van der Waals surface area contributed by atoms with Crippen LogP contribution >= 0.6 is 27.5 Å². The summed E-state index contributed by atoms with van der Waals surface area (Å²) in [7, 11) is 0. The van der Waals surface area contributed by atoms with Gasteiger partial charge in [-0.25, -0.2) is 4.79 Å². The molecule has 106 valence electrons. The molecule has 0 aromatic heterocycles. The first kappa shape index (κ1) is 16.1. The number of hydrogen-bond acceptors (Lipinski definition) is 3. The third-order valence-electron chi connectivity index (χ3n) is 2.20. The Morgan fingerprint density at radius 2 is 2.26 bits per heavy atom. The number of halogens is 2. The number of hydrogen-bond donors (Lipinski definition) is 3. The summed E-state index contributed by atoms with van der Waals surface area (Å²) >= 11 is 9.27. The van der Waals surface area contributed by atoms with Gasteiger partial charge in [0.1, 0.15) is 0 Å². The molecule has 0 aliphatic carbocycles. The average Bonchev–Trinajstić information content (AvgIpc) is 2.33. The van der Waals surface area contributed by atoms with Gasteiger partial charge in [-0.2, -0.15) is 0 Å². The van der Waals surface area contributed by atoms with Gasteiger partial charge in [0.05, 0.1) is 29.4 Å². The van der Waals surface area contributed by atoms with E-state index in [0.29, 0.717) is 27.5 Å². The summed E-state index contributed by atoms with van der Waals surface area (Å²) in [5.41, 5.74) is 0.462. The molecule has 0 saturated heterocycles. The standard InChI is InChI=1S/C12H16BrClN2O3/c1-3-19-11-9(13)4-8(14)5-10(11)16-12(18)15-7(2)6-17/h4-5,7,17H,3,6H2,1-2H3,(H2,15,16,18)/t7-/m1/s1. The Morgan fingerprint density at radius 3 is 2.84 bits per heavy atom. The van der Waals surface area contributed by atoms with Crippen molar-refractivity contribution >= 4 is 39.2 Å². The molecule has 0 heterocycles. The molecule has 0 aliphatic heterocycles. The van der Waals surface area contributed by atoms with Crippen LogP contribution in [0.2, 0.25) is 5.02 Å². The maximum absolute atomic E-state index is 11.7. The molecule has 0 saturated carbocycles. The minimum absolute atomic E-state index is 0.134. The van der Waals surface area contributed by atoms with E-state index in [1.807, 2.05) is 6.92 Å². The summed E-state index contributed by atoms with van der Waals surface area (Å²) in [5, 5.41) is 14.6. The van der Waals surface area contributed by atoms with Gasteiger partial charge in [0.25, 0.3) is 0 Å². The van der Waals surface area contributed by atoms with Gasteiger partial charge in [-0.05, 0) is 41.9 Å². The lowest BCUT2D eigenvalue weighted by Crippen LogP contribution is -2.38. The Morgan fingerprint density at radius 1 is 1.58 bits per heavy atom. The Kier molecular flexibility index (Phi) is 6.41. The Hall–Kier alpha value is -0.980. The van der Waals surface area contributed by atoms with Crippen molar-refractivity contribution in [1.29, 1.82) is 0 Å². The van der Waals surface area contributed by atoms with Crippen molar-refractivity contribution in [3.63, 3.8) is 0 Å². The van der Waals surface area contributed by atoms with Gasteiger partial charge >= 0.3 is 6.03 Å². The number of benzene rings is 1. The predicted octanol–water partition coefficient (Wildman–Crippen LogP) is 3.00. The average molecular weight is 352 g/mol. The van der Waals surface area contributed by atoms with Crippen molar-refractivity contribution < 1.29 is 14.6 Å². The third-order valence-corrected chi connectivity index (χ3v) is 3.00. The molecular formula is C12H16BrClN2O3. The number of nitrogens with one attached hydrogen (secondary N) is 2. The van der Waals surface area contributed by atoms with Gasteiger partial charge in [-0.3, -0.25) is 0 Å². The van der Waals surface area contributed by atoms with Crippen LogP contribution in [0, 0.1) is 0 Å². The van der Waals surface area contributed by atoms with Crippen LogP contribution in [-0.2, 0) is 0 Å². The number of carbonyl (C=O) groups is 1. The Balaban J connectivity index is 2.89. The number of urea groups is 1. The van der Waals surface area contributed by atoms with Gasteiger partial charge in [0, 0.05) is 5.02 Å². The van der Waals surface area contributed by atoms with Crippen LogP contribution in [0.25, 0.3) is 0 Å². The zero-order chi connectivity index (χ0) is 14.4. The lowest BCUT2D eigenvalue weighted by Gasteiger charge is -2.16. The van der Waals surface area contributed by atoms with E-state index in [0.717, 1.165) is 0 Å². The van der Waals surface area contributed by atoms with Crippen LogP contribution in [0.3, 0.4) is 0 Å². The van der Waals surface area contributed by atoms with Crippen LogP contribution in [0.1, 0.15) is 13.8 Å². The lowest BCUT2D eigenvalue weighted by atomic mass is 10.3. The van der Waals surface area contributed by atoms with Crippen molar-refractivity contribution in [3.05, 3.63) is 21.6 Å². The van der Waals surface area contributed by atoms with E-state index in [1.54, 1.807) is 19.1 Å². The number of aliphatic hydroxyl groups excluding tert-OH is 1. The second kappa shape index (κ2) is 7.57. The molecule has 0 aliphatic rings. The molecule has 0 fully saturated rings. The highest BCUT2D eigenvalue weighted by atomic mass is 79.9. The number of aliphatic hydroxyl groups is 1. The van der Waals surface area contributed by atoms with E-state index in [9.17, 15) is 4.79 Å². The summed E-state index contributed by atoms with van der Waals surface area (Å²) in [4.78, 5) is 11.7. The van der Waals surface area contributed by atoms with E-state index in [2.05, 4.69) is 26.6 Å². The summed E-state index contributed by atoms with van der Waals surface area (Å²) in [6.07, 6.45) is 0. The fourth-order valence-electron chi connectivity index (χ4n) is 1.37. The van der Waals surface area contributed by atoms with Crippen LogP contribution in [-0.4, -0.2) is 30.4 Å². The molecule has 0 radical (unpaired) electrons. The maximum Gasteiger partial charge on any atom is 0.319 e. The van der Waals surface area contributed by atoms with Crippen molar-refractivity contribution in [2.24, 2.45) is 0 Å². The van der Waals surface area contributed by atoms with Gasteiger partial charge in [0.2, 0.25) is 0 Å². The van der Waals surface area contributed by atoms with E-state index in [1.165, 1.54) is 0 Å². The summed E-state index contributed by atoms with van der Waals surface area (Å²) in [6, 6.07) is 2.52.